The van der Waals surface area contributed by atoms with Gasteiger partial charge >= 0.3 is 0 Å². The van der Waals surface area contributed by atoms with Crippen LogP contribution in [-0.2, 0) is 4.79 Å². The number of nitrogens with one attached hydrogen (secondary N) is 1. The molecule has 0 radical (unpaired) electrons. The van der Waals surface area contributed by atoms with Gasteiger partial charge in [0.2, 0.25) is 5.91 Å². The van der Waals surface area contributed by atoms with Crippen molar-refractivity contribution in [3.8, 4) is 0 Å². The van der Waals surface area contributed by atoms with Crippen LogP contribution in [0.2, 0.25) is 0 Å². The highest BCUT2D eigenvalue weighted by molar-refractivity contribution is 5.94. The Morgan fingerprint density at radius 3 is 2.50 bits per heavy atom. The van der Waals surface area contributed by atoms with Crippen LogP contribution in [0.15, 0.2) is 48.5 Å². The van der Waals surface area contributed by atoms with Gasteiger partial charge in [0.1, 0.15) is 5.82 Å². The van der Waals surface area contributed by atoms with E-state index in [1.807, 2.05) is 56.3 Å². The quantitative estimate of drug-likeness (QED) is 0.895. The number of anilines is 1. The number of carbonyl (C=O) groups is 1. The molecule has 0 aliphatic rings. The molecule has 3 nitrogen and oxygen atoms in total. The summed E-state index contributed by atoms with van der Waals surface area (Å²) < 4.78 is 0. The second-order valence-corrected chi connectivity index (χ2v) is 4.29. The Morgan fingerprint density at radius 2 is 1.83 bits per heavy atom. The van der Waals surface area contributed by atoms with E-state index in [2.05, 4.69) is 10.3 Å². The SMILES string of the molecule is Cc1cccc(NC(=O)C(C)c2ccccc2)n1. The van der Waals surface area contributed by atoms with Crippen LogP contribution in [0.3, 0.4) is 0 Å². The summed E-state index contributed by atoms with van der Waals surface area (Å²) in [6.07, 6.45) is 0. The Bertz CT molecular complexity index is 537. The smallest absolute Gasteiger partial charge is 0.232 e. The predicted molar refractivity (Wildman–Crippen MR) is 72.5 cm³/mol. The summed E-state index contributed by atoms with van der Waals surface area (Å²) in [6, 6.07) is 15.3. The van der Waals surface area contributed by atoms with Crippen molar-refractivity contribution in [2.75, 3.05) is 5.32 Å². The van der Waals surface area contributed by atoms with E-state index >= 15 is 0 Å². The summed E-state index contributed by atoms with van der Waals surface area (Å²) in [5.74, 6) is 0.371. The van der Waals surface area contributed by atoms with Crippen LogP contribution in [0.4, 0.5) is 5.82 Å². The first-order valence-electron chi connectivity index (χ1n) is 5.96. The molecule has 0 saturated carbocycles. The molecule has 1 heterocycles. The van der Waals surface area contributed by atoms with Crippen molar-refractivity contribution < 1.29 is 4.79 Å². The highest BCUT2D eigenvalue weighted by Gasteiger charge is 2.15. The minimum atomic E-state index is -0.187. The van der Waals surface area contributed by atoms with Crippen molar-refractivity contribution in [2.45, 2.75) is 19.8 Å². The van der Waals surface area contributed by atoms with Crippen LogP contribution in [0, 0.1) is 6.92 Å². The summed E-state index contributed by atoms with van der Waals surface area (Å²) >= 11 is 0. The molecule has 0 spiro atoms. The first-order valence-corrected chi connectivity index (χ1v) is 5.96. The lowest BCUT2D eigenvalue weighted by Crippen LogP contribution is -2.19. The van der Waals surface area contributed by atoms with Crippen molar-refractivity contribution >= 4 is 11.7 Å². The minimum Gasteiger partial charge on any atom is -0.310 e. The van der Waals surface area contributed by atoms with Gasteiger partial charge in [-0.1, -0.05) is 36.4 Å². The molecule has 18 heavy (non-hydrogen) atoms. The molecular formula is C15H16N2O. The van der Waals surface area contributed by atoms with Gasteiger partial charge < -0.3 is 5.32 Å². The van der Waals surface area contributed by atoms with Crippen molar-refractivity contribution in [3.05, 3.63) is 59.8 Å². The van der Waals surface area contributed by atoms with Crippen LogP contribution in [0.1, 0.15) is 24.1 Å². The van der Waals surface area contributed by atoms with Crippen molar-refractivity contribution in [1.29, 1.82) is 0 Å². The fraction of sp³-hybridized carbons (Fsp3) is 0.200. The number of benzene rings is 1. The third-order valence-corrected chi connectivity index (χ3v) is 2.83. The molecule has 1 atom stereocenters. The molecule has 0 saturated heterocycles. The zero-order valence-corrected chi connectivity index (χ0v) is 10.6. The molecule has 0 aliphatic heterocycles. The standard InChI is InChI=1S/C15H16N2O/c1-11-7-6-10-14(16-11)17-15(18)12(2)13-8-4-3-5-9-13/h3-10,12H,1-2H3,(H,16,17,18). The van der Waals surface area contributed by atoms with Crippen molar-refractivity contribution in [3.63, 3.8) is 0 Å². The molecule has 1 amide bonds. The number of rotatable bonds is 3. The third-order valence-electron chi connectivity index (χ3n) is 2.83. The largest absolute Gasteiger partial charge is 0.310 e. The van der Waals surface area contributed by atoms with Gasteiger partial charge in [0, 0.05) is 5.69 Å². The van der Waals surface area contributed by atoms with Crippen LogP contribution in [0.25, 0.3) is 0 Å². The van der Waals surface area contributed by atoms with E-state index in [1.54, 1.807) is 6.07 Å². The normalized spacial score (nSPS) is 11.9. The zero-order chi connectivity index (χ0) is 13.0. The van der Waals surface area contributed by atoms with Gasteiger partial charge in [-0.3, -0.25) is 4.79 Å². The lowest BCUT2D eigenvalue weighted by molar-refractivity contribution is -0.117. The maximum Gasteiger partial charge on any atom is 0.232 e. The van der Waals surface area contributed by atoms with Crippen LogP contribution < -0.4 is 5.32 Å². The van der Waals surface area contributed by atoms with Gasteiger partial charge in [-0.2, -0.15) is 0 Å². The zero-order valence-electron chi connectivity index (χ0n) is 10.6. The van der Waals surface area contributed by atoms with Gasteiger partial charge in [0.05, 0.1) is 5.92 Å². The molecule has 0 fully saturated rings. The minimum absolute atomic E-state index is 0.0423. The molecule has 2 rings (SSSR count). The highest BCUT2D eigenvalue weighted by atomic mass is 16.1. The molecule has 2 aromatic rings. The average Bonchev–Trinajstić information content (AvgIpc) is 2.39. The molecule has 1 aromatic heterocycles. The Kier molecular flexibility index (Phi) is 3.72. The Balaban J connectivity index is 2.09. The van der Waals surface area contributed by atoms with Crippen molar-refractivity contribution in [2.24, 2.45) is 0 Å². The number of aryl methyl sites for hydroxylation is 1. The van der Waals surface area contributed by atoms with Gasteiger partial charge in [-0.05, 0) is 31.5 Å². The monoisotopic (exact) mass is 240 g/mol. The van der Waals surface area contributed by atoms with Gasteiger partial charge in [0.25, 0.3) is 0 Å². The summed E-state index contributed by atoms with van der Waals surface area (Å²) in [6.45, 7) is 3.79. The van der Waals surface area contributed by atoms with Gasteiger partial charge in [-0.25, -0.2) is 4.98 Å². The van der Waals surface area contributed by atoms with E-state index in [4.69, 9.17) is 0 Å². The number of carbonyl (C=O) groups excluding carboxylic acids is 1. The van der Waals surface area contributed by atoms with Gasteiger partial charge in [-0.15, -0.1) is 0 Å². The molecule has 0 bridgehead atoms. The molecular weight excluding hydrogens is 224 g/mol. The number of amides is 1. The first-order chi connectivity index (χ1) is 8.66. The predicted octanol–water partition coefficient (Wildman–Crippen LogP) is 3.13. The van der Waals surface area contributed by atoms with E-state index in [0.29, 0.717) is 5.82 Å². The fourth-order valence-corrected chi connectivity index (χ4v) is 1.74. The second kappa shape index (κ2) is 5.45. The second-order valence-electron chi connectivity index (χ2n) is 4.29. The van der Waals surface area contributed by atoms with Crippen LogP contribution >= 0.6 is 0 Å². The van der Waals surface area contributed by atoms with E-state index in [0.717, 1.165) is 11.3 Å². The van der Waals surface area contributed by atoms with E-state index in [9.17, 15) is 4.79 Å². The third kappa shape index (κ3) is 2.94. The number of pyridine rings is 1. The summed E-state index contributed by atoms with van der Waals surface area (Å²) in [4.78, 5) is 16.3. The van der Waals surface area contributed by atoms with Crippen LogP contribution in [-0.4, -0.2) is 10.9 Å². The van der Waals surface area contributed by atoms with Crippen LogP contribution in [0.5, 0.6) is 0 Å². The summed E-state index contributed by atoms with van der Waals surface area (Å²) in [5.41, 5.74) is 1.89. The summed E-state index contributed by atoms with van der Waals surface area (Å²) in [5, 5.41) is 2.83. The first kappa shape index (κ1) is 12.3. The van der Waals surface area contributed by atoms with E-state index < -0.39 is 0 Å². The number of hydrogen-bond donors (Lipinski definition) is 1. The highest BCUT2D eigenvalue weighted by Crippen LogP contribution is 2.16. The maximum absolute atomic E-state index is 12.1. The summed E-state index contributed by atoms with van der Waals surface area (Å²) in [7, 11) is 0. The lowest BCUT2D eigenvalue weighted by Gasteiger charge is -2.12. The molecule has 1 unspecified atom stereocenters. The number of hydrogen-bond acceptors (Lipinski definition) is 2. The molecule has 1 N–H and O–H groups in total. The fourth-order valence-electron chi connectivity index (χ4n) is 1.74. The Morgan fingerprint density at radius 1 is 1.11 bits per heavy atom. The topological polar surface area (TPSA) is 42.0 Å². The Labute approximate surface area is 107 Å². The maximum atomic E-state index is 12.1. The van der Waals surface area contributed by atoms with E-state index in [-0.39, 0.29) is 11.8 Å². The average molecular weight is 240 g/mol. The molecule has 1 aromatic carbocycles. The molecule has 92 valence electrons. The van der Waals surface area contributed by atoms with Gasteiger partial charge in [0.15, 0.2) is 0 Å². The molecule has 0 aliphatic carbocycles. The van der Waals surface area contributed by atoms with Crippen molar-refractivity contribution in [1.82, 2.24) is 4.98 Å². The lowest BCUT2D eigenvalue weighted by atomic mass is 10.0. The van der Waals surface area contributed by atoms with E-state index in [1.165, 1.54) is 0 Å². The Hall–Kier alpha value is -2.16. The molecule has 3 heteroatoms. The number of aromatic nitrogens is 1. The number of nitrogens with zero attached hydrogens (tertiary/aromatic N) is 1.